The summed E-state index contributed by atoms with van der Waals surface area (Å²) in [7, 11) is 0. The van der Waals surface area contributed by atoms with Crippen LogP contribution in [0.2, 0.25) is 0 Å². The summed E-state index contributed by atoms with van der Waals surface area (Å²) in [6.07, 6.45) is 0. The maximum Gasteiger partial charge on any atom is 0.147 e. The molecule has 68 heavy (non-hydrogen) atoms. The number of halogens is 2. The minimum Gasteiger partial charge on any atom is -0.307 e. The lowest BCUT2D eigenvalue weighted by atomic mass is 9.90. The lowest BCUT2D eigenvalue weighted by Gasteiger charge is -2.30. The molecule has 2 nitrogen and oxygen atoms in total. The van der Waals surface area contributed by atoms with Crippen molar-refractivity contribution in [2.24, 2.45) is 0 Å². The Bertz CT molecular complexity index is 4020. The van der Waals surface area contributed by atoms with E-state index in [1.165, 1.54) is 21.9 Å². The number of benzene rings is 12. The zero-order chi connectivity index (χ0) is 54.3. The molecule has 0 aliphatic heterocycles. The predicted molar refractivity (Wildman–Crippen MR) is 281 cm³/mol. The fourth-order valence-corrected chi connectivity index (χ4v) is 9.50. The van der Waals surface area contributed by atoms with Gasteiger partial charge in [-0.05, 0) is 127 Å². The van der Waals surface area contributed by atoms with E-state index in [2.05, 4.69) is 0 Å². The zero-order valence-corrected chi connectivity index (χ0v) is 36.1. The number of hydrogen-bond donors (Lipinski definition) is 0. The van der Waals surface area contributed by atoms with Crippen LogP contribution < -0.4 is 9.80 Å². The number of para-hydroxylation sites is 2. The van der Waals surface area contributed by atoms with Crippen LogP contribution in [0.5, 0.6) is 0 Å². The highest BCUT2D eigenvalue weighted by Gasteiger charge is 2.26. The summed E-state index contributed by atoms with van der Waals surface area (Å²) in [5, 5.41) is 3.60. The number of nitrogens with zero attached hydrogens (tertiary/aromatic N) is 2. The van der Waals surface area contributed by atoms with Gasteiger partial charge >= 0.3 is 0 Å². The Kier molecular flexibility index (Phi) is 7.86. The topological polar surface area (TPSA) is 6.48 Å². The first-order chi connectivity index (χ1) is 37.7. The van der Waals surface area contributed by atoms with Crippen LogP contribution in [0.4, 0.5) is 42.9 Å². The monoisotopic (exact) mass is 886 g/mol. The molecule has 0 N–H and O–H groups in total. The van der Waals surface area contributed by atoms with Crippen molar-refractivity contribution in [1.29, 1.82) is 0 Å². The molecule has 0 heterocycles. The third-order valence-electron chi connectivity index (χ3n) is 12.5. The summed E-state index contributed by atoms with van der Waals surface area (Å²) < 4.78 is 125. The molecule has 0 saturated heterocycles. The fraction of sp³-hybridized carbons (Fsp3) is 0. The Hall–Kier alpha value is -8.86. The van der Waals surface area contributed by atoms with Gasteiger partial charge in [0.1, 0.15) is 11.6 Å². The normalized spacial score (nSPS) is 13.4. The third-order valence-corrected chi connectivity index (χ3v) is 12.5. The molecule has 0 unspecified atom stereocenters. The zero-order valence-electron chi connectivity index (χ0n) is 46.1. The van der Waals surface area contributed by atoms with Gasteiger partial charge in [-0.2, -0.15) is 0 Å². The van der Waals surface area contributed by atoms with Crippen LogP contribution in [0.1, 0.15) is 13.7 Å². The molecule has 0 spiro atoms. The number of rotatable bonds is 10. The lowest BCUT2D eigenvalue weighted by molar-refractivity contribution is 0.629. The maximum atomic E-state index is 17.7. The average molecular weight is 887 g/mol. The Morgan fingerprint density at radius 3 is 0.956 bits per heavy atom. The first-order valence-corrected chi connectivity index (χ1v) is 22.1. The van der Waals surface area contributed by atoms with Gasteiger partial charge in [0.25, 0.3) is 0 Å². The average Bonchev–Trinajstić information content (AvgIpc) is 3.50. The molecule has 0 fully saturated rings. The van der Waals surface area contributed by atoms with Gasteiger partial charge in [0, 0.05) is 22.1 Å². The van der Waals surface area contributed by atoms with Gasteiger partial charge in [-0.3, -0.25) is 0 Å². The molecule has 12 aromatic rings. The first kappa shape index (κ1) is 31.1. The summed E-state index contributed by atoms with van der Waals surface area (Å²) in [4.78, 5) is 2.77. The Balaban J connectivity index is 1.17. The van der Waals surface area contributed by atoms with Crippen molar-refractivity contribution in [1.82, 2.24) is 0 Å². The van der Waals surface area contributed by atoms with Gasteiger partial charge in [0.15, 0.2) is 0 Å². The van der Waals surface area contributed by atoms with E-state index in [1.807, 2.05) is 146 Å². The van der Waals surface area contributed by atoms with E-state index in [0.29, 0.717) is 54.6 Å². The molecule has 0 aromatic heterocycles. The molecule has 322 valence electrons. The van der Waals surface area contributed by atoms with Crippen LogP contribution in [0.25, 0.3) is 76.8 Å². The quantitative estimate of drug-likeness (QED) is 0.126. The van der Waals surface area contributed by atoms with E-state index < -0.39 is 72.1 Å². The van der Waals surface area contributed by atoms with E-state index in [0.717, 1.165) is 22.3 Å². The second-order valence-electron chi connectivity index (χ2n) is 16.4. The minimum atomic E-state index is -0.738. The van der Waals surface area contributed by atoms with Crippen LogP contribution in [-0.2, 0) is 0 Å². The SMILES string of the molecule is [2H]c1c([2H])c([2H])c(N(c2cc(-c3ccccc3)c(-c3ccccc3)cc2F)c2ccc3ccc4c(N(c5cc(-c6ccccc6)c(-c6ccccc6)cc5F)c5c([2H])c([2H])c([2H])c([2H])c5[2H])ccc5ccc2c3c54)c([2H])c1[2H]. The summed E-state index contributed by atoms with van der Waals surface area (Å²) in [6, 6.07) is 52.0. The highest BCUT2D eigenvalue weighted by molar-refractivity contribution is 6.28. The standard InChI is InChI=1S/C64H42F2N2/c65-57-39-53(43-19-7-1-8-20-43)55(45-23-11-3-12-24-45)41-61(57)67(49-27-15-5-16-28-49)59-37-33-47-32-36-52-60(38-34-48-31-35-51(59)63(47)64(48)52)68(50-29-17-6-18-30-50)62-42-56(46-25-13-4-14-26-46)54(40-58(62)66)44-21-9-2-10-22-44/h1-42H/i5D,6D,15D,16D,17D,18D,27D,28D,29D,30D. The predicted octanol–water partition coefficient (Wildman–Crippen LogP) is 18.5. The molecule has 12 rings (SSSR count). The third kappa shape index (κ3) is 7.11. The van der Waals surface area contributed by atoms with E-state index in [9.17, 15) is 5.48 Å². The van der Waals surface area contributed by atoms with Crippen LogP contribution >= 0.6 is 0 Å². The first-order valence-electron chi connectivity index (χ1n) is 27.1. The van der Waals surface area contributed by atoms with Crippen LogP contribution in [0.3, 0.4) is 0 Å². The Labute approximate surface area is 408 Å². The fourth-order valence-electron chi connectivity index (χ4n) is 9.50. The van der Waals surface area contributed by atoms with Crippen molar-refractivity contribution >= 4 is 66.4 Å². The van der Waals surface area contributed by atoms with Crippen molar-refractivity contribution in [2.75, 3.05) is 9.80 Å². The van der Waals surface area contributed by atoms with Gasteiger partial charge in [-0.15, -0.1) is 0 Å². The van der Waals surface area contributed by atoms with Gasteiger partial charge < -0.3 is 9.80 Å². The Morgan fingerprint density at radius 2 is 0.618 bits per heavy atom. The highest BCUT2D eigenvalue weighted by atomic mass is 19.1. The molecular formula is C64H42F2N2. The summed E-state index contributed by atoms with van der Waals surface area (Å²) in [5.74, 6) is -1.48. The second kappa shape index (κ2) is 17.2. The van der Waals surface area contributed by atoms with Crippen LogP contribution in [0.15, 0.2) is 255 Å². The van der Waals surface area contributed by atoms with Crippen LogP contribution in [0, 0.1) is 11.6 Å². The largest absolute Gasteiger partial charge is 0.307 e. The summed E-state index contributed by atoms with van der Waals surface area (Å²) in [5.41, 5.74) is 5.07. The molecule has 0 aliphatic carbocycles. The molecule has 0 atom stereocenters. The van der Waals surface area contributed by atoms with Gasteiger partial charge in [-0.25, -0.2) is 8.78 Å². The van der Waals surface area contributed by atoms with Gasteiger partial charge in [-0.1, -0.05) is 194 Å². The molecule has 0 aliphatic rings. The number of hydrogen-bond acceptors (Lipinski definition) is 2. The molecule has 0 radical (unpaired) electrons. The molecule has 0 bridgehead atoms. The summed E-state index contributed by atoms with van der Waals surface area (Å²) in [6.45, 7) is 0. The lowest BCUT2D eigenvalue weighted by Crippen LogP contribution is -2.13. The van der Waals surface area contributed by atoms with E-state index >= 15 is 8.78 Å². The van der Waals surface area contributed by atoms with Crippen molar-refractivity contribution in [3.63, 3.8) is 0 Å². The summed E-state index contributed by atoms with van der Waals surface area (Å²) >= 11 is 0. The Morgan fingerprint density at radius 1 is 0.309 bits per heavy atom. The van der Waals surface area contributed by atoms with Crippen LogP contribution in [-0.4, -0.2) is 0 Å². The van der Waals surface area contributed by atoms with Crippen molar-refractivity contribution in [2.45, 2.75) is 0 Å². The van der Waals surface area contributed by atoms with Gasteiger partial charge in [0.05, 0.1) is 36.5 Å². The van der Waals surface area contributed by atoms with Crippen molar-refractivity contribution < 1.29 is 22.5 Å². The van der Waals surface area contributed by atoms with E-state index in [1.54, 1.807) is 36.4 Å². The molecular weight excluding hydrogens is 835 g/mol. The molecule has 12 aromatic carbocycles. The molecule has 0 saturated carbocycles. The van der Waals surface area contributed by atoms with E-state index in [-0.39, 0.29) is 34.1 Å². The van der Waals surface area contributed by atoms with Crippen molar-refractivity contribution in [3.05, 3.63) is 266 Å². The molecule has 4 heteroatoms. The highest BCUT2D eigenvalue weighted by Crippen LogP contribution is 2.50. The minimum absolute atomic E-state index is 0.0983. The van der Waals surface area contributed by atoms with E-state index in [4.69, 9.17) is 8.22 Å². The molecule has 0 amide bonds. The number of anilines is 6. The maximum absolute atomic E-state index is 17.7. The smallest absolute Gasteiger partial charge is 0.147 e. The van der Waals surface area contributed by atoms with Gasteiger partial charge in [0.2, 0.25) is 0 Å². The second-order valence-corrected chi connectivity index (χ2v) is 16.4. The van der Waals surface area contributed by atoms with Crippen molar-refractivity contribution in [3.8, 4) is 44.5 Å².